The van der Waals surface area contributed by atoms with Crippen LogP contribution >= 0.6 is 0 Å². The third kappa shape index (κ3) is 2.31. The summed E-state index contributed by atoms with van der Waals surface area (Å²) in [4.78, 5) is 0. The van der Waals surface area contributed by atoms with Gasteiger partial charge in [-0.15, -0.1) is 0 Å². The van der Waals surface area contributed by atoms with Crippen LogP contribution in [0.1, 0.15) is 38.3 Å². The van der Waals surface area contributed by atoms with Crippen molar-refractivity contribution in [2.75, 3.05) is 13.2 Å². The van der Waals surface area contributed by atoms with E-state index in [1.54, 1.807) is 0 Å². The van der Waals surface area contributed by atoms with Gasteiger partial charge in [-0.1, -0.05) is 20.4 Å². The number of benzene rings is 1. The van der Waals surface area contributed by atoms with Crippen LogP contribution in [0.25, 0.3) is 5.76 Å². The Morgan fingerprint density at radius 3 is 2.94 bits per heavy atom. The summed E-state index contributed by atoms with van der Waals surface area (Å²) in [5.74, 6) is 1.73. The zero-order chi connectivity index (χ0) is 12.5. The van der Waals surface area contributed by atoms with Crippen LogP contribution in [0.4, 0.5) is 0 Å². The largest absolute Gasteiger partial charge is 0.494 e. The summed E-state index contributed by atoms with van der Waals surface area (Å²) in [7, 11) is 0. The van der Waals surface area contributed by atoms with Gasteiger partial charge in [0, 0.05) is 11.1 Å². The van der Waals surface area contributed by atoms with Gasteiger partial charge in [-0.2, -0.15) is 0 Å². The summed E-state index contributed by atoms with van der Waals surface area (Å²) in [5.41, 5.74) is 2.46. The highest BCUT2D eigenvalue weighted by Crippen LogP contribution is 2.39. The Morgan fingerprint density at radius 2 is 2.24 bits per heavy atom. The second kappa shape index (κ2) is 4.44. The molecule has 0 saturated carbocycles. The van der Waals surface area contributed by atoms with E-state index in [1.165, 1.54) is 5.56 Å². The first-order valence-corrected chi connectivity index (χ1v) is 6.14. The van der Waals surface area contributed by atoms with Crippen molar-refractivity contribution in [3.05, 3.63) is 35.9 Å². The van der Waals surface area contributed by atoms with Gasteiger partial charge < -0.3 is 9.47 Å². The number of hydrogen-bond acceptors (Lipinski definition) is 2. The lowest BCUT2D eigenvalue weighted by Gasteiger charge is -2.32. The smallest absolute Gasteiger partial charge is 0.123 e. The quantitative estimate of drug-likeness (QED) is 0.739. The molecule has 1 aromatic carbocycles. The number of rotatable bonds is 3. The van der Waals surface area contributed by atoms with Gasteiger partial charge in [-0.05, 0) is 37.0 Å². The molecular weight excluding hydrogens is 212 g/mol. The highest BCUT2D eigenvalue weighted by Gasteiger charge is 2.28. The third-order valence-corrected chi connectivity index (χ3v) is 3.33. The van der Waals surface area contributed by atoms with Crippen LogP contribution in [-0.2, 0) is 10.2 Å². The van der Waals surface area contributed by atoms with Crippen molar-refractivity contribution in [1.29, 1.82) is 0 Å². The molecule has 0 saturated heterocycles. The van der Waals surface area contributed by atoms with E-state index >= 15 is 0 Å². The molecule has 1 heterocycles. The topological polar surface area (TPSA) is 18.5 Å². The number of hydrogen-bond donors (Lipinski definition) is 0. The third-order valence-electron chi connectivity index (χ3n) is 3.33. The van der Waals surface area contributed by atoms with E-state index in [9.17, 15) is 0 Å². The monoisotopic (exact) mass is 232 g/mol. The summed E-state index contributed by atoms with van der Waals surface area (Å²) >= 11 is 0. The highest BCUT2D eigenvalue weighted by atomic mass is 16.5. The second-order valence-electron chi connectivity index (χ2n) is 5.05. The maximum Gasteiger partial charge on any atom is 0.123 e. The molecule has 1 aliphatic heterocycles. The molecule has 0 radical (unpaired) electrons. The Kier molecular flexibility index (Phi) is 3.14. The lowest BCUT2D eigenvalue weighted by molar-refractivity contribution is 0.234. The van der Waals surface area contributed by atoms with Gasteiger partial charge in [-0.25, -0.2) is 0 Å². The zero-order valence-corrected chi connectivity index (χ0v) is 10.9. The van der Waals surface area contributed by atoms with Crippen LogP contribution in [0.15, 0.2) is 24.8 Å². The molecule has 0 aliphatic carbocycles. The molecule has 17 heavy (non-hydrogen) atoms. The number of fused-ring (bicyclic) bond motifs is 1. The summed E-state index contributed by atoms with van der Waals surface area (Å²) in [6.07, 6.45) is 1.05. The Morgan fingerprint density at radius 1 is 1.47 bits per heavy atom. The van der Waals surface area contributed by atoms with Gasteiger partial charge in [0.1, 0.15) is 11.5 Å². The minimum Gasteiger partial charge on any atom is -0.494 e. The maximum atomic E-state index is 5.68. The lowest BCUT2D eigenvalue weighted by atomic mass is 9.79. The first kappa shape index (κ1) is 12.0. The molecule has 0 unspecified atom stereocenters. The molecule has 0 aromatic heterocycles. The van der Waals surface area contributed by atoms with E-state index in [2.05, 4.69) is 26.5 Å². The van der Waals surface area contributed by atoms with Crippen molar-refractivity contribution >= 4 is 5.76 Å². The van der Waals surface area contributed by atoms with Gasteiger partial charge in [0.05, 0.1) is 13.2 Å². The van der Waals surface area contributed by atoms with E-state index in [1.807, 2.05) is 19.1 Å². The fourth-order valence-corrected chi connectivity index (χ4v) is 2.17. The van der Waals surface area contributed by atoms with Gasteiger partial charge in [0.2, 0.25) is 0 Å². The number of ether oxygens (including phenoxy) is 2. The van der Waals surface area contributed by atoms with Crippen molar-refractivity contribution < 1.29 is 9.47 Å². The average molecular weight is 232 g/mol. The molecule has 0 atom stereocenters. The van der Waals surface area contributed by atoms with E-state index in [0.29, 0.717) is 6.61 Å². The van der Waals surface area contributed by atoms with Crippen LogP contribution in [0, 0.1) is 0 Å². The Balaban J connectivity index is 2.38. The average Bonchev–Trinajstić information content (AvgIpc) is 2.29. The molecule has 92 valence electrons. The normalized spacial score (nSPS) is 16.9. The summed E-state index contributed by atoms with van der Waals surface area (Å²) < 4.78 is 11.1. The Labute approximate surface area is 103 Å². The Hall–Kier alpha value is -1.44. The molecule has 2 rings (SSSR count). The first-order valence-electron chi connectivity index (χ1n) is 6.14. The standard InChI is InChI=1S/C15H20O2/c1-5-16-11(2)12-6-7-14-13(10-12)15(3,4)8-9-17-14/h6-7,10H,2,5,8-9H2,1,3-4H3. The van der Waals surface area contributed by atoms with Gasteiger partial charge in [0.25, 0.3) is 0 Å². The van der Waals surface area contributed by atoms with E-state index in [4.69, 9.17) is 9.47 Å². The van der Waals surface area contributed by atoms with Crippen molar-refractivity contribution in [2.45, 2.75) is 32.6 Å². The predicted octanol–water partition coefficient (Wildman–Crippen LogP) is 3.75. The highest BCUT2D eigenvalue weighted by molar-refractivity contribution is 5.61. The molecule has 2 nitrogen and oxygen atoms in total. The van der Waals surface area contributed by atoms with Crippen LogP contribution < -0.4 is 4.74 Å². The lowest BCUT2D eigenvalue weighted by Crippen LogP contribution is -2.26. The van der Waals surface area contributed by atoms with Crippen molar-refractivity contribution in [3.63, 3.8) is 0 Å². The molecule has 2 heteroatoms. The molecule has 1 aromatic rings. The fourth-order valence-electron chi connectivity index (χ4n) is 2.17. The fraction of sp³-hybridized carbons (Fsp3) is 0.467. The summed E-state index contributed by atoms with van der Waals surface area (Å²) in [6.45, 7) is 11.9. The molecule has 0 amide bonds. The molecule has 1 aliphatic rings. The molecule has 0 fully saturated rings. The summed E-state index contributed by atoms with van der Waals surface area (Å²) in [6, 6.07) is 6.18. The molecule has 0 N–H and O–H groups in total. The Bertz CT molecular complexity index is 433. The maximum absolute atomic E-state index is 5.68. The van der Waals surface area contributed by atoms with Crippen molar-refractivity contribution in [3.8, 4) is 5.75 Å². The first-order chi connectivity index (χ1) is 8.04. The predicted molar refractivity (Wildman–Crippen MR) is 70.2 cm³/mol. The van der Waals surface area contributed by atoms with Crippen LogP contribution in [0.2, 0.25) is 0 Å². The van der Waals surface area contributed by atoms with Gasteiger partial charge >= 0.3 is 0 Å². The van der Waals surface area contributed by atoms with E-state index in [-0.39, 0.29) is 5.41 Å². The van der Waals surface area contributed by atoms with E-state index in [0.717, 1.165) is 30.1 Å². The van der Waals surface area contributed by atoms with Crippen molar-refractivity contribution in [1.82, 2.24) is 0 Å². The molecular formula is C15H20O2. The SMILES string of the molecule is C=C(OCC)c1ccc2c(c1)C(C)(C)CCO2. The van der Waals surface area contributed by atoms with Gasteiger partial charge in [-0.3, -0.25) is 0 Å². The van der Waals surface area contributed by atoms with E-state index < -0.39 is 0 Å². The van der Waals surface area contributed by atoms with Crippen LogP contribution in [0.3, 0.4) is 0 Å². The van der Waals surface area contributed by atoms with Crippen molar-refractivity contribution in [2.24, 2.45) is 0 Å². The minimum atomic E-state index is 0.163. The second-order valence-corrected chi connectivity index (χ2v) is 5.05. The molecule has 0 bridgehead atoms. The van der Waals surface area contributed by atoms with Crippen LogP contribution in [-0.4, -0.2) is 13.2 Å². The minimum absolute atomic E-state index is 0.163. The zero-order valence-electron chi connectivity index (χ0n) is 10.9. The molecule has 0 spiro atoms. The van der Waals surface area contributed by atoms with Crippen LogP contribution in [0.5, 0.6) is 5.75 Å². The summed E-state index contributed by atoms with van der Waals surface area (Å²) in [5, 5.41) is 0. The van der Waals surface area contributed by atoms with Gasteiger partial charge in [0.15, 0.2) is 0 Å².